The van der Waals surface area contributed by atoms with E-state index >= 15 is 0 Å². The molecule has 0 fully saturated rings. The molecule has 0 heterocycles. The Kier molecular flexibility index (Phi) is 3.25. The molecule has 0 aliphatic carbocycles. The third-order valence-electron chi connectivity index (χ3n) is 2.09. The summed E-state index contributed by atoms with van der Waals surface area (Å²) in [5.41, 5.74) is 6.39. The fourth-order valence-corrected chi connectivity index (χ4v) is 1.39. The molecule has 0 radical (unpaired) electrons. The Morgan fingerprint density at radius 2 is 2.21 bits per heavy atom. The minimum atomic E-state index is -0.810. The van der Waals surface area contributed by atoms with Gasteiger partial charge >= 0.3 is 0 Å². The summed E-state index contributed by atoms with van der Waals surface area (Å²) in [6.45, 7) is -0.189. The van der Waals surface area contributed by atoms with Gasteiger partial charge in [0.05, 0.1) is 13.7 Å². The van der Waals surface area contributed by atoms with Crippen molar-refractivity contribution in [1.82, 2.24) is 0 Å². The zero-order valence-corrected chi connectivity index (χ0v) is 10.2. The number of halogens is 1. The van der Waals surface area contributed by atoms with Crippen LogP contribution in [0.4, 0.5) is 4.39 Å². The van der Waals surface area contributed by atoms with E-state index in [4.69, 9.17) is 15.6 Å². The zero-order chi connectivity index (χ0) is 10.8. The highest BCUT2D eigenvalue weighted by Crippen LogP contribution is 2.21. The third kappa shape index (κ3) is 2.31. The topological polar surface area (TPSA) is 55.5 Å². The van der Waals surface area contributed by atoms with Crippen molar-refractivity contribution in [3.63, 3.8) is 0 Å². The van der Waals surface area contributed by atoms with Gasteiger partial charge in [0.25, 0.3) is 0 Å². The van der Waals surface area contributed by atoms with Gasteiger partial charge in [0.2, 0.25) is 0 Å². The molecule has 1 rings (SSSR count). The monoisotopic (exact) mass is 215 g/mol. The van der Waals surface area contributed by atoms with Gasteiger partial charge in [-0.1, -0.05) is 0 Å². The molecule has 1 atom stereocenters. The Labute approximate surface area is 85.1 Å². The van der Waals surface area contributed by atoms with Gasteiger partial charge < -0.3 is 15.6 Å². The molecule has 3 nitrogen and oxygen atoms in total. The van der Waals surface area contributed by atoms with Gasteiger partial charge in [0.1, 0.15) is 11.6 Å². The fourth-order valence-electron chi connectivity index (χ4n) is 1.10. The summed E-state index contributed by atoms with van der Waals surface area (Å²) in [6.07, 6.45) is 0. The van der Waals surface area contributed by atoms with E-state index in [9.17, 15) is 4.39 Å². The van der Waals surface area contributed by atoms with Crippen molar-refractivity contribution in [2.45, 2.75) is 5.16 Å². The second-order valence-electron chi connectivity index (χ2n) is 3.46. The molecule has 0 bridgehead atoms. The van der Waals surface area contributed by atoms with E-state index in [0.717, 1.165) is 0 Å². The molecule has 1 aromatic carbocycles. The van der Waals surface area contributed by atoms with Crippen molar-refractivity contribution >= 4 is 10.2 Å². The van der Waals surface area contributed by atoms with Crippen LogP contribution in [0, 0.1) is 5.82 Å². The smallest absolute Gasteiger partial charge is 0.127 e. The lowest BCUT2D eigenvalue weighted by molar-refractivity contribution is 0.247. The summed E-state index contributed by atoms with van der Waals surface area (Å²) in [5, 5.41) is 8.24. The average molecular weight is 215 g/mol. The second-order valence-corrected chi connectivity index (χ2v) is 5.24. The molecule has 0 saturated heterocycles. The maximum Gasteiger partial charge on any atom is 0.127 e. The van der Waals surface area contributed by atoms with Gasteiger partial charge in [-0.15, -0.1) is 0 Å². The van der Waals surface area contributed by atoms with Gasteiger partial charge in [-0.2, -0.15) is 0 Å². The van der Waals surface area contributed by atoms with Crippen LogP contribution >= 0.6 is 0 Å². The summed E-state index contributed by atoms with van der Waals surface area (Å²) in [6, 6.07) is 4.25. The van der Waals surface area contributed by atoms with Gasteiger partial charge in [-0.3, -0.25) is 0 Å². The minimum absolute atomic E-state index is 0.189. The van der Waals surface area contributed by atoms with Crippen LogP contribution in [0.25, 0.3) is 0 Å². The summed E-state index contributed by atoms with van der Waals surface area (Å²) < 4.78 is 18.0. The number of hydrogen-bond donors (Lipinski definition) is 2. The molecular formula is C9H14FNO2Si. The lowest BCUT2D eigenvalue weighted by Gasteiger charge is -2.22. The maximum atomic E-state index is 13.1. The maximum absolute atomic E-state index is 13.1. The third-order valence-corrected chi connectivity index (χ3v) is 2.99. The highest BCUT2D eigenvalue weighted by atomic mass is 28.1. The second kappa shape index (κ2) is 4.08. The molecule has 3 N–H and O–H groups in total. The number of rotatable bonds is 3. The lowest BCUT2D eigenvalue weighted by Crippen LogP contribution is -2.41. The Bertz CT molecular complexity index is 331. The molecule has 0 aromatic heterocycles. The van der Waals surface area contributed by atoms with E-state index in [1.54, 1.807) is 6.07 Å². The van der Waals surface area contributed by atoms with Crippen LogP contribution in [-0.4, -0.2) is 29.1 Å². The van der Waals surface area contributed by atoms with E-state index in [0.29, 0.717) is 21.6 Å². The number of ether oxygens (including phenoxy) is 1. The molecule has 1 unspecified atom stereocenters. The summed E-state index contributed by atoms with van der Waals surface area (Å²) in [5.74, 6) is 0.0117. The van der Waals surface area contributed by atoms with E-state index in [2.05, 4.69) is 0 Å². The van der Waals surface area contributed by atoms with Crippen LogP contribution in [0.15, 0.2) is 18.2 Å². The molecule has 0 amide bonds. The van der Waals surface area contributed by atoms with Gasteiger partial charge in [0, 0.05) is 21.5 Å². The number of aliphatic hydroxyl groups excluding tert-OH is 1. The molecule has 14 heavy (non-hydrogen) atoms. The first kappa shape index (κ1) is 11.2. The number of benzene rings is 1. The molecule has 0 aliphatic rings. The number of nitrogens with two attached hydrogens (primary N) is 1. The normalized spacial score (nSPS) is 15.1. The molecule has 1 aromatic rings. The van der Waals surface area contributed by atoms with Crippen LogP contribution in [-0.2, 0) is 5.16 Å². The summed E-state index contributed by atoms with van der Waals surface area (Å²) in [4.78, 5) is 0. The number of hydrogen-bond acceptors (Lipinski definition) is 3. The fraction of sp³-hybridized carbons (Fsp3) is 0.333. The van der Waals surface area contributed by atoms with Crippen LogP contribution in [0.1, 0.15) is 5.56 Å². The van der Waals surface area contributed by atoms with Crippen LogP contribution in [0.3, 0.4) is 0 Å². The minimum Gasteiger partial charge on any atom is -0.497 e. The summed E-state index contributed by atoms with van der Waals surface area (Å²) >= 11 is 0. The molecule has 0 aliphatic heterocycles. The van der Waals surface area contributed by atoms with Gasteiger partial charge in [-0.05, 0) is 17.7 Å². The van der Waals surface area contributed by atoms with Crippen LogP contribution < -0.4 is 10.5 Å². The highest BCUT2D eigenvalue weighted by molar-refractivity contribution is 6.15. The number of methoxy groups -OCH3 is 1. The average Bonchev–Trinajstić information content (AvgIpc) is 2.16. The first-order valence-electron chi connectivity index (χ1n) is 4.24. The molecule has 0 spiro atoms. The van der Waals surface area contributed by atoms with Crippen molar-refractivity contribution in [3.05, 3.63) is 29.6 Å². The van der Waals surface area contributed by atoms with Crippen molar-refractivity contribution in [3.8, 4) is 5.75 Å². The van der Waals surface area contributed by atoms with Gasteiger partial charge in [0.15, 0.2) is 0 Å². The zero-order valence-electron chi connectivity index (χ0n) is 8.25. The largest absolute Gasteiger partial charge is 0.497 e. The van der Waals surface area contributed by atoms with Gasteiger partial charge in [-0.25, -0.2) is 4.39 Å². The molecule has 78 valence electrons. The van der Waals surface area contributed by atoms with E-state index in [1.165, 1.54) is 19.2 Å². The summed E-state index contributed by atoms with van der Waals surface area (Å²) in [7, 11) is 2.00. The van der Waals surface area contributed by atoms with Crippen LogP contribution in [0.5, 0.6) is 5.75 Å². The van der Waals surface area contributed by atoms with Crippen molar-refractivity contribution < 1.29 is 14.2 Å². The van der Waals surface area contributed by atoms with Crippen molar-refractivity contribution in [2.75, 3.05) is 13.7 Å². The predicted molar refractivity (Wildman–Crippen MR) is 55.8 cm³/mol. The SMILES string of the molecule is COc1cc(F)cc(C(N)([SiH3])CO)c1. The van der Waals surface area contributed by atoms with E-state index in [1.807, 2.05) is 0 Å². The Balaban J connectivity index is 3.15. The van der Waals surface area contributed by atoms with Crippen LogP contribution in [0.2, 0.25) is 0 Å². The first-order valence-corrected chi connectivity index (χ1v) is 5.24. The molecule has 5 heteroatoms. The number of aliphatic hydroxyl groups is 1. The quantitative estimate of drug-likeness (QED) is 0.656. The lowest BCUT2D eigenvalue weighted by atomic mass is 10.1. The Hall–Kier alpha value is -0.913. The molecular weight excluding hydrogens is 201 g/mol. The Morgan fingerprint density at radius 1 is 1.57 bits per heavy atom. The molecule has 0 saturated carbocycles. The standard InChI is InChI=1S/C9H14FNO2Si/c1-13-8-3-6(2-7(10)4-8)9(11,14)5-12/h2-4,12H,5,11H2,1,14H3. The highest BCUT2D eigenvalue weighted by Gasteiger charge is 2.21. The van der Waals surface area contributed by atoms with E-state index in [-0.39, 0.29) is 6.61 Å². The Morgan fingerprint density at radius 3 is 2.71 bits per heavy atom. The first-order chi connectivity index (χ1) is 6.49. The van der Waals surface area contributed by atoms with Crippen molar-refractivity contribution in [1.29, 1.82) is 0 Å². The predicted octanol–water partition coefficient (Wildman–Crippen LogP) is -0.697. The van der Waals surface area contributed by atoms with Crippen molar-refractivity contribution in [2.24, 2.45) is 5.73 Å². The van der Waals surface area contributed by atoms with E-state index < -0.39 is 11.0 Å².